The average Bonchev–Trinajstić information content (AvgIpc) is 2.43. The zero-order valence-corrected chi connectivity index (χ0v) is 17.0. The van der Waals surface area contributed by atoms with Gasteiger partial charge in [0.1, 0.15) is 18.2 Å². The summed E-state index contributed by atoms with van der Waals surface area (Å²) >= 11 is 0. The van der Waals surface area contributed by atoms with Gasteiger partial charge in [0, 0.05) is 13.8 Å². The number of carbonyl (C=O) groups excluding carboxylic acids is 2. The maximum Gasteiger partial charge on any atom is 0.303 e. The van der Waals surface area contributed by atoms with Crippen molar-refractivity contribution in [2.75, 3.05) is 6.61 Å². The second-order valence-corrected chi connectivity index (χ2v) is 12.7. The van der Waals surface area contributed by atoms with Crippen molar-refractivity contribution in [3.05, 3.63) is 0 Å². The van der Waals surface area contributed by atoms with E-state index < -0.39 is 50.8 Å². The van der Waals surface area contributed by atoms with Crippen LogP contribution in [0.25, 0.3) is 0 Å². The van der Waals surface area contributed by atoms with E-state index in [0.29, 0.717) is 0 Å². The Labute approximate surface area is 150 Å². The van der Waals surface area contributed by atoms with Gasteiger partial charge in [0.2, 0.25) is 5.91 Å². The summed E-state index contributed by atoms with van der Waals surface area (Å²) in [4.78, 5) is 22.7. The summed E-state index contributed by atoms with van der Waals surface area (Å²) in [6, 6.07) is -1.06. The molecule has 0 spiro atoms. The SMILES string of the molecule is CC(=O)NC1C(OC(C)=O)[C@H](O)C(CO[Si](C)(C)C(C)(C)C)O[C@H]1O. The summed E-state index contributed by atoms with van der Waals surface area (Å²) in [6.45, 7) is 12.9. The van der Waals surface area contributed by atoms with Gasteiger partial charge >= 0.3 is 5.97 Å². The molecule has 0 aromatic carbocycles. The van der Waals surface area contributed by atoms with Crippen molar-refractivity contribution in [3.63, 3.8) is 0 Å². The van der Waals surface area contributed by atoms with Crippen LogP contribution >= 0.6 is 0 Å². The number of rotatable bonds is 5. The Bertz CT molecular complexity index is 491. The van der Waals surface area contributed by atoms with E-state index in [0.717, 1.165) is 0 Å². The summed E-state index contributed by atoms with van der Waals surface area (Å²) in [5.41, 5.74) is 0. The van der Waals surface area contributed by atoms with Gasteiger partial charge in [0.25, 0.3) is 0 Å². The average molecular weight is 378 g/mol. The van der Waals surface area contributed by atoms with Gasteiger partial charge in [-0.3, -0.25) is 9.59 Å². The fourth-order valence-corrected chi connectivity index (χ4v) is 3.31. The second-order valence-electron chi connectivity index (χ2n) is 7.93. The van der Waals surface area contributed by atoms with Gasteiger partial charge in [-0.05, 0) is 18.1 Å². The minimum absolute atomic E-state index is 0.0285. The monoisotopic (exact) mass is 377 g/mol. The van der Waals surface area contributed by atoms with Crippen LogP contribution in [0, 0.1) is 0 Å². The van der Waals surface area contributed by atoms with Gasteiger partial charge in [0.05, 0.1) is 6.61 Å². The van der Waals surface area contributed by atoms with Crippen molar-refractivity contribution >= 4 is 20.2 Å². The second kappa shape index (κ2) is 8.13. The highest BCUT2D eigenvalue weighted by Crippen LogP contribution is 2.37. The van der Waals surface area contributed by atoms with Crippen molar-refractivity contribution in [2.24, 2.45) is 0 Å². The number of hydrogen-bond donors (Lipinski definition) is 3. The molecular formula is C16H31NO7Si. The molecular weight excluding hydrogens is 346 g/mol. The number of aliphatic hydroxyl groups excluding tert-OH is 2. The maximum atomic E-state index is 11.4. The number of carbonyl (C=O) groups is 2. The first-order valence-electron chi connectivity index (χ1n) is 8.36. The molecule has 5 atom stereocenters. The van der Waals surface area contributed by atoms with Crippen LogP contribution in [0.1, 0.15) is 34.6 Å². The minimum atomic E-state index is -2.09. The normalized spacial score (nSPS) is 30.7. The molecule has 3 N–H and O–H groups in total. The highest BCUT2D eigenvalue weighted by Gasteiger charge is 2.48. The van der Waals surface area contributed by atoms with Gasteiger partial charge in [-0.1, -0.05) is 20.8 Å². The zero-order chi connectivity index (χ0) is 19.6. The lowest BCUT2D eigenvalue weighted by Gasteiger charge is -2.44. The quantitative estimate of drug-likeness (QED) is 0.473. The van der Waals surface area contributed by atoms with Crippen molar-refractivity contribution in [3.8, 4) is 0 Å². The summed E-state index contributed by atoms with van der Waals surface area (Å²) in [5, 5.41) is 23.2. The predicted octanol–water partition coefficient (Wildman–Crippen LogP) is 0.523. The van der Waals surface area contributed by atoms with Gasteiger partial charge < -0.3 is 29.4 Å². The van der Waals surface area contributed by atoms with E-state index in [1.54, 1.807) is 0 Å². The fourth-order valence-electron chi connectivity index (χ4n) is 2.30. The molecule has 0 saturated carbocycles. The van der Waals surface area contributed by atoms with E-state index >= 15 is 0 Å². The zero-order valence-electron chi connectivity index (χ0n) is 16.0. The van der Waals surface area contributed by atoms with Crippen LogP contribution in [0.4, 0.5) is 0 Å². The standard InChI is InChI=1S/C16H31NO7Si/c1-9(18)17-12-14(23-10(2)19)13(20)11(24-15(12)21)8-22-25(6,7)16(3,4)5/h11-15,20-21H,8H2,1-7H3,(H,17,18)/t11?,12?,13-,14?,15-/m1/s1. The maximum absolute atomic E-state index is 11.4. The Morgan fingerprint density at radius 3 is 2.20 bits per heavy atom. The van der Waals surface area contributed by atoms with E-state index in [4.69, 9.17) is 13.9 Å². The third-order valence-electron chi connectivity index (χ3n) is 4.78. The lowest BCUT2D eigenvalue weighted by atomic mass is 9.96. The molecule has 1 aliphatic rings. The summed E-state index contributed by atoms with van der Waals surface area (Å²) < 4.78 is 16.6. The highest BCUT2D eigenvalue weighted by atomic mass is 28.4. The number of hydrogen-bond acceptors (Lipinski definition) is 7. The van der Waals surface area contributed by atoms with E-state index in [9.17, 15) is 19.8 Å². The molecule has 9 heteroatoms. The molecule has 1 saturated heterocycles. The Kier molecular flexibility index (Phi) is 7.17. The van der Waals surface area contributed by atoms with Crippen LogP contribution in [0.5, 0.6) is 0 Å². The number of esters is 1. The Morgan fingerprint density at radius 1 is 1.20 bits per heavy atom. The third kappa shape index (κ3) is 5.75. The molecule has 1 fully saturated rings. The van der Waals surface area contributed by atoms with Crippen molar-refractivity contribution in [1.82, 2.24) is 5.32 Å². The molecule has 146 valence electrons. The first-order valence-corrected chi connectivity index (χ1v) is 11.3. The van der Waals surface area contributed by atoms with Crippen LogP contribution in [0.3, 0.4) is 0 Å². The van der Waals surface area contributed by atoms with Crippen LogP contribution < -0.4 is 5.32 Å². The van der Waals surface area contributed by atoms with E-state index in [2.05, 4.69) is 39.2 Å². The lowest BCUT2D eigenvalue weighted by molar-refractivity contribution is -0.257. The molecule has 25 heavy (non-hydrogen) atoms. The summed E-state index contributed by atoms with van der Waals surface area (Å²) in [5.74, 6) is -1.06. The van der Waals surface area contributed by atoms with Crippen molar-refractivity contribution < 1.29 is 33.7 Å². The summed E-state index contributed by atoms with van der Waals surface area (Å²) in [6.07, 6.45) is -4.67. The van der Waals surface area contributed by atoms with Gasteiger partial charge in [-0.25, -0.2) is 0 Å². The van der Waals surface area contributed by atoms with E-state index in [1.165, 1.54) is 13.8 Å². The molecule has 0 aromatic heterocycles. The molecule has 0 radical (unpaired) electrons. The van der Waals surface area contributed by atoms with E-state index in [-0.39, 0.29) is 11.6 Å². The van der Waals surface area contributed by atoms with Gasteiger partial charge in [-0.15, -0.1) is 0 Å². The predicted molar refractivity (Wildman–Crippen MR) is 93.2 cm³/mol. The van der Waals surface area contributed by atoms with Crippen LogP contribution in [-0.4, -0.2) is 67.7 Å². The lowest BCUT2D eigenvalue weighted by Crippen LogP contribution is -2.65. The van der Waals surface area contributed by atoms with Crippen LogP contribution in [-0.2, 0) is 23.5 Å². The van der Waals surface area contributed by atoms with Crippen molar-refractivity contribution in [1.29, 1.82) is 0 Å². The molecule has 1 aliphatic heterocycles. The first-order chi connectivity index (χ1) is 11.3. The highest BCUT2D eigenvalue weighted by molar-refractivity contribution is 6.74. The van der Waals surface area contributed by atoms with Gasteiger partial charge in [0.15, 0.2) is 20.7 Å². The molecule has 1 heterocycles. The molecule has 0 aliphatic carbocycles. The minimum Gasteiger partial charge on any atom is -0.457 e. The van der Waals surface area contributed by atoms with Crippen LogP contribution in [0.15, 0.2) is 0 Å². The Balaban J connectivity index is 2.90. The number of nitrogens with one attached hydrogen (secondary N) is 1. The Hall–Kier alpha value is -1.00. The Morgan fingerprint density at radius 2 is 1.76 bits per heavy atom. The largest absolute Gasteiger partial charge is 0.457 e. The molecule has 1 amide bonds. The smallest absolute Gasteiger partial charge is 0.303 e. The van der Waals surface area contributed by atoms with Crippen molar-refractivity contribution in [2.45, 2.75) is 83.4 Å². The first kappa shape index (κ1) is 22.0. The molecule has 1 rings (SSSR count). The third-order valence-corrected chi connectivity index (χ3v) is 9.28. The molecule has 3 unspecified atom stereocenters. The number of aliphatic hydroxyl groups is 2. The topological polar surface area (TPSA) is 114 Å². The van der Waals surface area contributed by atoms with Crippen LogP contribution in [0.2, 0.25) is 18.1 Å². The molecule has 8 nitrogen and oxygen atoms in total. The fraction of sp³-hybridized carbons (Fsp3) is 0.875. The van der Waals surface area contributed by atoms with E-state index in [1.807, 2.05) is 0 Å². The number of ether oxygens (including phenoxy) is 2. The summed E-state index contributed by atoms with van der Waals surface area (Å²) in [7, 11) is -2.09. The number of amides is 1. The molecule has 0 aromatic rings. The molecule has 0 bridgehead atoms. The van der Waals surface area contributed by atoms with Gasteiger partial charge in [-0.2, -0.15) is 0 Å².